The Labute approximate surface area is 266 Å². The summed E-state index contributed by atoms with van der Waals surface area (Å²) in [7, 11) is 0. The van der Waals surface area contributed by atoms with E-state index in [2.05, 4.69) is 20.9 Å². The minimum Gasteiger partial charge on any atom is -0.478 e. The summed E-state index contributed by atoms with van der Waals surface area (Å²) in [6.45, 7) is 5.52. The van der Waals surface area contributed by atoms with E-state index in [1.165, 1.54) is 17.0 Å². The van der Waals surface area contributed by atoms with Crippen LogP contribution in [0.5, 0.6) is 5.75 Å². The van der Waals surface area contributed by atoms with Gasteiger partial charge < -0.3 is 30.3 Å². The van der Waals surface area contributed by atoms with Gasteiger partial charge in [-0.15, -0.1) is 0 Å². The molecule has 2 saturated heterocycles. The highest BCUT2D eigenvalue weighted by Gasteiger charge is 2.69. The van der Waals surface area contributed by atoms with E-state index in [-0.39, 0.29) is 59.8 Å². The van der Waals surface area contributed by atoms with E-state index >= 15 is 0 Å². The molecule has 46 heavy (non-hydrogen) atoms. The molecule has 0 spiro atoms. The smallest absolute Gasteiger partial charge is 0.265 e. The van der Waals surface area contributed by atoms with E-state index in [0.29, 0.717) is 25.5 Å². The van der Waals surface area contributed by atoms with Gasteiger partial charge in [0.25, 0.3) is 5.91 Å². The lowest BCUT2D eigenvalue weighted by Crippen LogP contribution is -2.57. The Hall–Kier alpha value is -4.57. The summed E-state index contributed by atoms with van der Waals surface area (Å²) in [5.41, 5.74) is 0.606. The highest BCUT2D eigenvalue weighted by Crippen LogP contribution is 2.65. The second kappa shape index (κ2) is 12.7. The molecule has 0 radical (unpaired) electrons. The predicted molar refractivity (Wildman–Crippen MR) is 161 cm³/mol. The number of piperidine rings is 1. The molecule has 6 rings (SSSR count). The van der Waals surface area contributed by atoms with Gasteiger partial charge in [0, 0.05) is 57.0 Å². The quantitative estimate of drug-likeness (QED) is 0.358. The van der Waals surface area contributed by atoms with Gasteiger partial charge in [-0.1, -0.05) is 19.9 Å². The highest BCUT2D eigenvalue weighted by atomic mass is 19.1. The van der Waals surface area contributed by atoms with Crippen molar-refractivity contribution in [2.75, 3.05) is 25.1 Å². The number of pyridine rings is 1. The molecule has 1 aliphatic carbocycles. The van der Waals surface area contributed by atoms with Crippen molar-refractivity contribution >= 4 is 29.3 Å². The average molecular weight is 633 g/mol. The Morgan fingerprint density at radius 1 is 1.24 bits per heavy atom. The Bertz CT molecular complexity index is 1560. The Morgan fingerprint density at radius 2 is 2.07 bits per heavy atom. The van der Waals surface area contributed by atoms with Gasteiger partial charge in [-0.05, 0) is 53.9 Å². The molecule has 242 valence electrons. The number of nitrogens with zero attached hydrogens (tertiary/aromatic N) is 3. The normalized spacial score (nSPS) is 26.8. The van der Waals surface area contributed by atoms with Crippen LogP contribution in [-0.2, 0) is 30.3 Å². The monoisotopic (exact) mass is 632 g/mol. The van der Waals surface area contributed by atoms with E-state index in [1.807, 2.05) is 19.9 Å². The van der Waals surface area contributed by atoms with E-state index in [9.17, 15) is 28.8 Å². The lowest BCUT2D eigenvalue weighted by molar-refractivity contribution is -0.143. The van der Waals surface area contributed by atoms with Crippen LogP contribution in [0.3, 0.4) is 0 Å². The minimum absolute atomic E-state index is 0.0685. The summed E-state index contributed by atoms with van der Waals surface area (Å²) >= 11 is 0. The van der Waals surface area contributed by atoms with Crippen LogP contribution in [0.1, 0.15) is 38.8 Å². The van der Waals surface area contributed by atoms with Crippen LogP contribution in [-0.4, -0.2) is 77.5 Å². The molecular formula is C33H37FN6O6. The summed E-state index contributed by atoms with van der Waals surface area (Å²) < 4.78 is 24.7. The van der Waals surface area contributed by atoms with Gasteiger partial charge in [0.1, 0.15) is 29.7 Å². The van der Waals surface area contributed by atoms with E-state index in [0.717, 1.165) is 12.5 Å². The molecule has 13 heteroatoms. The Morgan fingerprint density at radius 3 is 2.78 bits per heavy atom. The number of rotatable bonds is 10. The summed E-state index contributed by atoms with van der Waals surface area (Å²) in [6.07, 6.45) is 1.51. The van der Waals surface area contributed by atoms with Crippen molar-refractivity contribution in [3.05, 3.63) is 54.1 Å². The number of fused-ring (bicyclic) bond motifs is 2. The molecular weight excluding hydrogens is 595 g/mol. The van der Waals surface area contributed by atoms with Crippen molar-refractivity contribution in [3.8, 4) is 11.8 Å². The zero-order valence-corrected chi connectivity index (χ0v) is 25.7. The number of carbonyl (C=O) groups excluding carboxylic acids is 4. The average Bonchev–Trinajstić information content (AvgIpc) is 3.44. The fourth-order valence-corrected chi connectivity index (χ4v) is 7.09. The molecule has 3 aliphatic heterocycles. The van der Waals surface area contributed by atoms with E-state index < -0.39 is 47.8 Å². The molecule has 4 aliphatic rings. The fourth-order valence-electron chi connectivity index (χ4n) is 7.09. The molecule has 12 nitrogen and oxygen atoms in total. The first-order valence-electron chi connectivity index (χ1n) is 15.6. The maximum absolute atomic E-state index is 14.2. The third-order valence-corrected chi connectivity index (χ3v) is 9.71. The number of amides is 4. The summed E-state index contributed by atoms with van der Waals surface area (Å²) in [6, 6.07) is 8.17. The van der Waals surface area contributed by atoms with E-state index in [4.69, 9.17) is 9.47 Å². The number of nitriles is 1. The second-order valence-electron chi connectivity index (χ2n) is 13.1. The number of anilines is 1. The molecule has 4 heterocycles. The maximum Gasteiger partial charge on any atom is 0.265 e. The third kappa shape index (κ3) is 6.39. The number of nitrogens with one attached hydrogen (secondary N) is 3. The van der Waals surface area contributed by atoms with Crippen LogP contribution in [0.4, 0.5) is 10.1 Å². The number of hydrogen-bond acceptors (Lipinski definition) is 8. The summed E-state index contributed by atoms with van der Waals surface area (Å²) in [5.74, 6) is -2.01. The first-order valence-corrected chi connectivity index (χ1v) is 15.6. The van der Waals surface area contributed by atoms with E-state index in [1.54, 1.807) is 24.4 Å². The van der Waals surface area contributed by atoms with Gasteiger partial charge in [0.2, 0.25) is 17.7 Å². The van der Waals surface area contributed by atoms with Crippen LogP contribution in [0.2, 0.25) is 0 Å². The van der Waals surface area contributed by atoms with Gasteiger partial charge in [-0.25, -0.2) is 4.39 Å². The summed E-state index contributed by atoms with van der Waals surface area (Å²) in [5, 5.41) is 18.2. The molecule has 1 aromatic heterocycles. The minimum atomic E-state index is -1.11. The number of carbonyl (C=O) groups is 4. The van der Waals surface area contributed by atoms with Crippen LogP contribution >= 0.6 is 0 Å². The standard InChI is InChI=1S/C33H37FN6O6/c1-33(2)22-16-40(32(44)24(13-20-5-3-4-9-36-20)38-27(41)11-18-8-10-45-17-18)29(28(22)33)31(43)37-21(15-35)14-26-30(42)39-23-12-19(34)6-7-25(23)46-26/h3-7,9,12,18,21-22,24,26,28-29H,8,10-11,13-14,16-17H2,1-2H3,(H,37,43)(H,38,41)(H,39,42)/t18?,21?,22-,24?,26-,28-,29-/m0/s1. The van der Waals surface area contributed by atoms with Crippen molar-refractivity contribution in [3.63, 3.8) is 0 Å². The Balaban J connectivity index is 1.17. The topological polar surface area (TPSA) is 163 Å². The van der Waals surface area contributed by atoms with Crippen molar-refractivity contribution in [1.29, 1.82) is 5.26 Å². The third-order valence-electron chi connectivity index (χ3n) is 9.71. The number of benzene rings is 1. The second-order valence-corrected chi connectivity index (χ2v) is 13.1. The lowest BCUT2D eigenvalue weighted by Gasteiger charge is -2.34. The van der Waals surface area contributed by atoms with Gasteiger partial charge in [-0.3, -0.25) is 24.2 Å². The first kappa shape index (κ1) is 31.4. The van der Waals surface area contributed by atoms with Crippen molar-refractivity contribution < 1.29 is 33.0 Å². The number of ether oxygens (including phenoxy) is 2. The van der Waals surface area contributed by atoms with Crippen LogP contribution in [0, 0.1) is 40.3 Å². The number of halogens is 1. The van der Waals surface area contributed by atoms with Gasteiger partial charge >= 0.3 is 0 Å². The SMILES string of the molecule is CC1(C)[C@@H]2[C@@H](C(=O)NC(C#N)C[C@@H]3Oc4ccc(F)cc4NC3=O)N(C(=O)C(Cc3ccccn3)NC(=O)CC3CCOC3)C[C@@H]21. The summed E-state index contributed by atoms with van der Waals surface area (Å²) in [4.78, 5) is 59.7. The van der Waals surface area contributed by atoms with Crippen LogP contribution in [0.15, 0.2) is 42.6 Å². The fraction of sp³-hybridized carbons (Fsp3) is 0.515. The van der Waals surface area contributed by atoms with Crippen molar-refractivity contribution in [2.24, 2.45) is 23.2 Å². The number of hydrogen-bond donors (Lipinski definition) is 3. The molecule has 7 atom stereocenters. The first-order chi connectivity index (χ1) is 22.0. The molecule has 3 N–H and O–H groups in total. The maximum atomic E-state index is 14.2. The Kier molecular flexibility index (Phi) is 8.65. The van der Waals surface area contributed by atoms with Gasteiger partial charge in [0.05, 0.1) is 11.8 Å². The molecule has 3 fully saturated rings. The number of aromatic nitrogens is 1. The molecule has 4 amide bonds. The molecule has 1 aromatic carbocycles. The molecule has 2 aromatic rings. The highest BCUT2D eigenvalue weighted by molar-refractivity contribution is 5.98. The molecule has 0 bridgehead atoms. The lowest BCUT2D eigenvalue weighted by atomic mass is 9.98. The van der Waals surface area contributed by atoms with Crippen molar-refractivity contribution in [2.45, 2.75) is 63.8 Å². The zero-order chi connectivity index (χ0) is 32.6. The van der Waals surface area contributed by atoms with Gasteiger partial charge in [-0.2, -0.15) is 5.26 Å². The van der Waals surface area contributed by atoms with Gasteiger partial charge in [0.15, 0.2) is 6.10 Å². The molecule has 1 saturated carbocycles. The number of likely N-dealkylation sites (tertiary alicyclic amines) is 1. The zero-order valence-electron chi connectivity index (χ0n) is 25.7. The largest absolute Gasteiger partial charge is 0.478 e. The van der Waals surface area contributed by atoms with Crippen molar-refractivity contribution in [1.82, 2.24) is 20.5 Å². The predicted octanol–water partition coefficient (Wildman–Crippen LogP) is 1.96. The molecule has 3 unspecified atom stereocenters. The van der Waals surface area contributed by atoms with Crippen LogP contribution < -0.4 is 20.7 Å². The van der Waals surface area contributed by atoms with Crippen LogP contribution in [0.25, 0.3) is 0 Å².